The lowest BCUT2D eigenvalue weighted by molar-refractivity contribution is 0.0146. The maximum Gasteiger partial charge on any atom is 0.107 e. The van der Waals surface area contributed by atoms with Crippen molar-refractivity contribution in [2.24, 2.45) is 0 Å². The van der Waals surface area contributed by atoms with Gasteiger partial charge in [-0.25, -0.2) is 4.98 Å². The molecule has 0 bridgehead atoms. The van der Waals surface area contributed by atoms with Gasteiger partial charge in [-0.2, -0.15) is 0 Å². The van der Waals surface area contributed by atoms with Gasteiger partial charge in [0.2, 0.25) is 0 Å². The topological polar surface area (TPSA) is 52.6 Å². The molecule has 122 valence electrons. The summed E-state index contributed by atoms with van der Waals surface area (Å²) in [5, 5.41) is 6.50. The number of thiazole rings is 1. The number of hydrogen-bond donors (Lipinski definition) is 1. The van der Waals surface area contributed by atoms with E-state index in [1.165, 1.54) is 6.42 Å². The molecule has 1 aromatic heterocycles. The van der Waals surface area contributed by atoms with Gasteiger partial charge in [-0.3, -0.25) is 0 Å². The molecule has 0 aliphatic rings. The van der Waals surface area contributed by atoms with E-state index in [1.807, 2.05) is 6.92 Å². The van der Waals surface area contributed by atoms with Crippen molar-refractivity contribution in [2.45, 2.75) is 33.2 Å². The van der Waals surface area contributed by atoms with Crippen LogP contribution in [0.1, 0.15) is 30.5 Å². The van der Waals surface area contributed by atoms with Crippen molar-refractivity contribution < 1.29 is 14.2 Å². The number of hydrogen-bond acceptors (Lipinski definition) is 6. The molecule has 1 rings (SSSR count). The smallest absolute Gasteiger partial charge is 0.107 e. The predicted octanol–water partition coefficient (Wildman–Crippen LogP) is 2.39. The van der Waals surface area contributed by atoms with E-state index in [1.54, 1.807) is 11.3 Å². The summed E-state index contributed by atoms with van der Waals surface area (Å²) in [6.07, 6.45) is 2.29. The fraction of sp³-hybridized carbons (Fsp3) is 0.800. The Labute approximate surface area is 132 Å². The van der Waals surface area contributed by atoms with E-state index in [9.17, 15) is 0 Å². The predicted molar refractivity (Wildman–Crippen MR) is 85.9 cm³/mol. The first-order chi connectivity index (χ1) is 10.3. The largest absolute Gasteiger partial charge is 0.379 e. The molecule has 0 aliphatic heterocycles. The first kappa shape index (κ1) is 18.5. The Morgan fingerprint density at radius 2 is 1.71 bits per heavy atom. The number of rotatable bonds is 14. The molecule has 0 saturated heterocycles. The summed E-state index contributed by atoms with van der Waals surface area (Å²) in [5.74, 6) is 0. The lowest BCUT2D eigenvalue weighted by Crippen LogP contribution is -2.20. The molecule has 0 atom stereocenters. The quantitative estimate of drug-likeness (QED) is 0.534. The third-order valence-electron chi connectivity index (χ3n) is 2.75. The number of aromatic nitrogens is 1. The Bertz CT molecular complexity index is 347. The highest BCUT2D eigenvalue weighted by molar-refractivity contribution is 7.09. The molecule has 0 fully saturated rings. The average molecular weight is 316 g/mol. The molecule has 0 saturated carbocycles. The number of aryl methyl sites for hydroxylation is 1. The van der Waals surface area contributed by atoms with E-state index in [0.29, 0.717) is 33.0 Å². The van der Waals surface area contributed by atoms with Crippen molar-refractivity contribution >= 4 is 11.3 Å². The molecule has 0 unspecified atom stereocenters. The SMILES string of the molecule is CCCCOCCOCCOCCNCc1nc(C)cs1. The van der Waals surface area contributed by atoms with Crippen LogP contribution in [0.4, 0.5) is 0 Å². The minimum absolute atomic E-state index is 0.628. The second-order valence-corrected chi connectivity index (χ2v) is 5.69. The van der Waals surface area contributed by atoms with Crippen LogP contribution in [-0.4, -0.2) is 51.2 Å². The Balaban J connectivity index is 1.74. The molecule has 1 aromatic rings. The maximum absolute atomic E-state index is 5.48. The normalized spacial score (nSPS) is 11.1. The summed E-state index contributed by atoms with van der Waals surface area (Å²) in [6.45, 7) is 9.93. The van der Waals surface area contributed by atoms with Crippen molar-refractivity contribution in [2.75, 3.05) is 46.2 Å². The molecule has 0 spiro atoms. The van der Waals surface area contributed by atoms with E-state index in [-0.39, 0.29) is 0 Å². The molecule has 6 heteroatoms. The minimum Gasteiger partial charge on any atom is -0.379 e. The summed E-state index contributed by atoms with van der Waals surface area (Å²) >= 11 is 1.69. The fourth-order valence-electron chi connectivity index (χ4n) is 1.61. The van der Waals surface area contributed by atoms with Gasteiger partial charge in [0.15, 0.2) is 0 Å². The lowest BCUT2D eigenvalue weighted by Gasteiger charge is -2.07. The number of ether oxygens (including phenoxy) is 3. The summed E-state index contributed by atoms with van der Waals surface area (Å²) in [4.78, 5) is 4.39. The number of nitrogens with one attached hydrogen (secondary N) is 1. The van der Waals surface area contributed by atoms with Crippen molar-refractivity contribution in [3.05, 3.63) is 16.1 Å². The highest BCUT2D eigenvalue weighted by Crippen LogP contribution is 2.07. The second-order valence-electron chi connectivity index (χ2n) is 4.75. The van der Waals surface area contributed by atoms with E-state index in [4.69, 9.17) is 14.2 Å². The third kappa shape index (κ3) is 10.8. The van der Waals surface area contributed by atoms with Gasteiger partial charge in [-0.15, -0.1) is 11.3 Å². The van der Waals surface area contributed by atoms with Gasteiger partial charge >= 0.3 is 0 Å². The summed E-state index contributed by atoms with van der Waals surface area (Å²) in [6, 6.07) is 0. The molecule has 0 amide bonds. The lowest BCUT2D eigenvalue weighted by atomic mass is 10.4. The molecular formula is C15H28N2O3S. The second kappa shape index (κ2) is 13.2. The fourth-order valence-corrected chi connectivity index (χ4v) is 2.35. The van der Waals surface area contributed by atoms with Crippen LogP contribution >= 0.6 is 11.3 Å². The molecule has 1 heterocycles. The first-order valence-electron chi connectivity index (χ1n) is 7.68. The maximum atomic E-state index is 5.48. The highest BCUT2D eigenvalue weighted by atomic mass is 32.1. The van der Waals surface area contributed by atoms with Crippen LogP contribution in [0.25, 0.3) is 0 Å². The molecule has 0 aliphatic carbocycles. The van der Waals surface area contributed by atoms with E-state index in [2.05, 4.69) is 22.6 Å². The Hall–Kier alpha value is -0.530. The zero-order valence-corrected chi connectivity index (χ0v) is 14.0. The zero-order valence-electron chi connectivity index (χ0n) is 13.2. The van der Waals surface area contributed by atoms with Gasteiger partial charge in [0, 0.05) is 30.8 Å². The highest BCUT2D eigenvalue weighted by Gasteiger charge is 1.97. The Morgan fingerprint density at radius 1 is 1.05 bits per heavy atom. The van der Waals surface area contributed by atoms with Crippen LogP contribution in [0.3, 0.4) is 0 Å². The molecule has 0 aromatic carbocycles. The van der Waals surface area contributed by atoms with Crippen molar-refractivity contribution in [1.29, 1.82) is 0 Å². The van der Waals surface area contributed by atoms with Crippen molar-refractivity contribution in [3.8, 4) is 0 Å². The van der Waals surface area contributed by atoms with E-state index in [0.717, 1.165) is 36.8 Å². The third-order valence-corrected chi connectivity index (χ3v) is 3.72. The number of unbranched alkanes of at least 4 members (excludes halogenated alkanes) is 1. The summed E-state index contributed by atoms with van der Waals surface area (Å²) in [5.41, 5.74) is 1.09. The van der Waals surface area contributed by atoms with Crippen LogP contribution in [0, 0.1) is 6.92 Å². The first-order valence-corrected chi connectivity index (χ1v) is 8.56. The van der Waals surface area contributed by atoms with Gasteiger partial charge < -0.3 is 19.5 Å². The van der Waals surface area contributed by atoms with Crippen LogP contribution in [0.15, 0.2) is 5.38 Å². The number of nitrogens with zero attached hydrogens (tertiary/aromatic N) is 1. The van der Waals surface area contributed by atoms with Crippen molar-refractivity contribution in [1.82, 2.24) is 10.3 Å². The molecule has 0 radical (unpaired) electrons. The van der Waals surface area contributed by atoms with Gasteiger partial charge in [0.1, 0.15) is 5.01 Å². The monoisotopic (exact) mass is 316 g/mol. The molecule has 5 nitrogen and oxygen atoms in total. The van der Waals surface area contributed by atoms with Gasteiger partial charge in [-0.05, 0) is 13.3 Å². The van der Waals surface area contributed by atoms with Crippen molar-refractivity contribution in [3.63, 3.8) is 0 Å². The average Bonchev–Trinajstić information content (AvgIpc) is 2.89. The van der Waals surface area contributed by atoms with E-state index < -0.39 is 0 Å². The Morgan fingerprint density at radius 3 is 2.33 bits per heavy atom. The molecule has 21 heavy (non-hydrogen) atoms. The standard InChI is InChI=1S/C15H28N2O3S/c1-3-4-6-18-8-10-20-11-9-19-7-5-16-12-15-17-14(2)13-21-15/h13,16H,3-12H2,1-2H3. The van der Waals surface area contributed by atoms with Gasteiger partial charge in [0.25, 0.3) is 0 Å². The van der Waals surface area contributed by atoms with Crippen LogP contribution in [0.5, 0.6) is 0 Å². The molecule has 1 N–H and O–H groups in total. The van der Waals surface area contributed by atoms with Gasteiger partial charge in [0.05, 0.1) is 33.0 Å². The minimum atomic E-state index is 0.628. The van der Waals surface area contributed by atoms with Crippen LogP contribution in [-0.2, 0) is 20.8 Å². The molecular weight excluding hydrogens is 288 g/mol. The van der Waals surface area contributed by atoms with E-state index >= 15 is 0 Å². The Kier molecular flexibility index (Phi) is 11.6. The summed E-state index contributed by atoms with van der Waals surface area (Å²) in [7, 11) is 0. The zero-order chi connectivity index (χ0) is 15.2. The van der Waals surface area contributed by atoms with Crippen LogP contribution in [0.2, 0.25) is 0 Å². The van der Waals surface area contributed by atoms with Crippen LogP contribution < -0.4 is 5.32 Å². The summed E-state index contributed by atoms with van der Waals surface area (Å²) < 4.78 is 16.3. The van der Waals surface area contributed by atoms with Gasteiger partial charge in [-0.1, -0.05) is 13.3 Å².